The van der Waals surface area contributed by atoms with E-state index in [1.54, 1.807) is 9.80 Å². The van der Waals surface area contributed by atoms with Crippen molar-refractivity contribution in [1.82, 2.24) is 23.9 Å². The van der Waals surface area contributed by atoms with Gasteiger partial charge in [-0.2, -0.15) is 4.31 Å². The molecule has 14 nitrogen and oxygen atoms in total. The van der Waals surface area contributed by atoms with Gasteiger partial charge in [-0.3, -0.25) is 9.69 Å². The molecular formula is C37H50N6O8S. The highest BCUT2D eigenvalue weighted by molar-refractivity contribution is 7.88. The molecule has 1 N–H and O–H groups in total. The molecule has 5 aliphatic rings. The maximum atomic E-state index is 14.2. The minimum atomic E-state index is -3.21. The number of benzene rings is 2. The first-order valence-corrected chi connectivity index (χ1v) is 20.4. The number of likely N-dealkylation sites (tertiary alicyclic amines) is 2. The Labute approximate surface area is 306 Å². The normalized spacial score (nSPS) is 21.6. The Morgan fingerprint density at radius 1 is 0.885 bits per heavy atom. The Morgan fingerprint density at radius 2 is 1.56 bits per heavy atom. The highest BCUT2D eigenvalue weighted by Gasteiger charge is 2.37. The van der Waals surface area contributed by atoms with Crippen LogP contribution in [-0.4, -0.2) is 147 Å². The van der Waals surface area contributed by atoms with Crippen LogP contribution in [0.3, 0.4) is 0 Å². The number of carbonyl (C=O) groups excluding carboxylic acids is 3. The van der Waals surface area contributed by atoms with E-state index >= 15 is 0 Å². The molecule has 282 valence electrons. The number of para-hydroxylation sites is 1. The van der Waals surface area contributed by atoms with E-state index in [-0.39, 0.29) is 30.4 Å². The van der Waals surface area contributed by atoms with E-state index in [1.165, 1.54) is 10.6 Å². The van der Waals surface area contributed by atoms with Crippen LogP contribution in [0.2, 0.25) is 0 Å². The highest BCUT2D eigenvalue weighted by Crippen LogP contribution is 2.35. The van der Waals surface area contributed by atoms with Gasteiger partial charge in [-0.1, -0.05) is 24.3 Å². The number of piperidine rings is 2. The summed E-state index contributed by atoms with van der Waals surface area (Å²) < 4.78 is 43.3. The van der Waals surface area contributed by atoms with Crippen molar-refractivity contribution in [2.45, 2.75) is 63.6 Å². The number of hydrogen-bond acceptors (Lipinski definition) is 9. The van der Waals surface area contributed by atoms with Crippen molar-refractivity contribution in [2.24, 2.45) is 0 Å². The van der Waals surface area contributed by atoms with E-state index in [9.17, 15) is 22.8 Å². The first-order valence-electron chi connectivity index (χ1n) is 18.5. The van der Waals surface area contributed by atoms with Crippen LogP contribution >= 0.6 is 0 Å². The first-order chi connectivity index (χ1) is 25.0. The van der Waals surface area contributed by atoms with Crippen molar-refractivity contribution >= 4 is 33.7 Å². The van der Waals surface area contributed by atoms with Crippen molar-refractivity contribution in [1.29, 1.82) is 0 Å². The van der Waals surface area contributed by atoms with E-state index in [0.29, 0.717) is 96.5 Å². The fourth-order valence-corrected chi connectivity index (χ4v) is 9.09. The number of sulfonamides is 1. The van der Waals surface area contributed by atoms with Crippen molar-refractivity contribution < 1.29 is 37.0 Å². The summed E-state index contributed by atoms with van der Waals surface area (Å²) >= 11 is 0. The maximum Gasteiger partial charge on any atom is 0.410 e. The summed E-state index contributed by atoms with van der Waals surface area (Å²) in [6.45, 7) is 7.63. The molecule has 0 aliphatic carbocycles. The molecular weight excluding hydrogens is 689 g/mol. The van der Waals surface area contributed by atoms with Gasteiger partial charge < -0.3 is 34.2 Å². The number of rotatable bonds is 7. The van der Waals surface area contributed by atoms with Gasteiger partial charge in [0.2, 0.25) is 10.0 Å². The van der Waals surface area contributed by atoms with Crippen molar-refractivity contribution in [3.05, 3.63) is 53.1 Å². The predicted molar refractivity (Wildman–Crippen MR) is 194 cm³/mol. The van der Waals surface area contributed by atoms with Gasteiger partial charge in [0.25, 0.3) is 5.91 Å². The van der Waals surface area contributed by atoms with Crippen molar-refractivity contribution in [3.8, 4) is 11.5 Å². The lowest BCUT2D eigenvalue weighted by Crippen LogP contribution is -2.55. The Bertz CT molecular complexity index is 1750. The number of urea groups is 1. The lowest BCUT2D eigenvalue weighted by atomic mass is 9.99. The fourth-order valence-electron chi connectivity index (χ4n) is 8.26. The summed E-state index contributed by atoms with van der Waals surface area (Å²) in [5.41, 5.74) is 3.67. The second-order valence-electron chi connectivity index (χ2n) is 14.5. The quantitative estimate of drug-likeness (QED) is 0.454. The number of aryl methyl sites for hydroxylation is 1. The summed E-state index contributed by atoms with van der Waals surface area (Å²) in [6, 6.07) is 11.8. The van der Waals surface area contributed by atoms with Gasteiger partial charge in [-0.05, 0) is 67.9 Å². The van der Waals surface area contributed by atoms with Gasteiger partial charge in [0.1, 0.15) is 13.2 Å². The highest BCUT2D eigenvalue weighted by atomic mass is 32.2. The number of nitrogens with one attached hydrogen (secondary N) is 1. The molecule has 0 aromatic heterocycles. The number of carbonyl (C=O) groups is 3. The summed E-state index contributed by atoms with van der Waals surface area (Å²) in [5, 5.41) is 3.04. The lowest BCUT2D eigenvalue weighted by Gasteiger charge is -2.42. The Hall–Kier alpha value is -4.08. The number of anilines is 1. The monoisotopic (exact) mass is 738 g/mol. The molecule has 3 saturated heterocycles. The number of ether oxygens (including phenoxy) is 3. The van der Waals surface area contributed by atoms with Gasteiger partial charge in [0, 0.05) is 83.1 Å². The third kappa shape index (κ3) is 8.11. The standard InChI is InChI=1S/C37H50N6O8S/c1-26-23-27(24-32-34(26)50-22-21-49-32)25-33(35(44)40-12-8-29(9-13-40)39-17-19-42(20-18-39)52(2,47)48)51-37(46)41-14-10-30(11-15-41)43-16-7-28-5-3-4-6-31(28)38-36(43)45/h3-6,23-24,29-30,33H,7-22,25H2,1-2H3,(H,38,45). The van der Waals surface area contributed by atoms with Crippen LogP contribution in [0.4, 0.5) is 15.3 Å². The first kappa shape index (κ1) is 36.3. The largest absolute Gasteiger partial charge is 0.486 e. The van der Waals surface area contributed by atoms with E-state index in [0.717, 1.165) is 41.6 Å². The van der Waals surface area contributed by atoms with Gasteiger partial charge in [0.15, 0.2) is 17.6 Å². The number of fused-ring (bicyclic) bond motifs is 2. The van der Waals surface area contributed by atoms with Crippen LogP contribution in [0.15, 0.2) is 36.4 Å². The predicted octanol–water partition coefficient (Wildman–Crippen LogP) is 2.94. The zero-order valence-corrected chi connectivity index (χ0v) is 30.9. The smallest absolute Gasteiger partial charge is 0.410 e. The van der Waals surface area contributed by atoms with E-state index in [2.05, 4.69) is 10.2 Å². The van der Waals surface area contributed by atoms with E-state index in [1.807, 2.05) is 48.2 Å². The third-order valence-corrected chi connectivity index (χ3v) is 12.5. The molecule has 15 heteroatoms. The van der Waals surface area contributed by atoms with E-state index < -0.39 is 22.2 Å². The molecule has 1 atom stereocenters. The summed E-state index contributed by atoms with van der Waals surface area (Å²) in [6.07, 6.45) is 3.40. The van der Waals surface area contributed by atoms with Crippen LogP contribution in [0, 0.1) is 6.92 Å². The minimum absolute atomic E-state index is 0.00729. The topological polar surface area (TPSA) is 141 Å². The molecule has 7 rings (SSSR count). The summed E-state index contributed by atoms with van der Waals surface area (Å²) in [7, 11) is -3.21. The molecule has 0 saturated carbocycles. The molecule has 1 unspecified atom stereocenters. The van der Waals surface area contributed by atoms with Crippen LogP contribution in [0.1, 0.15) is 42.4 Å². The Balaban J connectivity index is 0.988. The molecule has 2 aromatic rings. The van der Waals surface area contributed by atoms with Gasteiger partial charge in [-0.25, -0.2) is 18.0 Å². The second-order valence-corrected chi connectivity index (χ2v) is 16.5. The molecule has 5 heterocycles. The molecule has 5 aliphatic heterocycles. The van der Waals surface area contributed by atoms with Gasteiger partial charge in [-0.15, -0.1) is 0 Å². The molecule has 0 bridgehead atoms. The van der Waals surface area contributed by atoms with Crippen molar-refractivity contribution in [3.63, 3.8) is 0 Å². The third-order valence-electron chi connectivity index (χ3n) is 11.2. The van der Waals surface area contributed by atoms with Crippen LogP contribution < -0.4 is 14.8 Å². The van der Waals surface area contributed by atoms with Crippen LogP contribution in [-0.2, 0) is 32.4 Å². The van der Waals surface area contributed by atoms with Crippen LogP contribution in [0.25, 0.3) is 0 Å². The number of amides is 4. The molecule has 2 aromatic carbocycles. The summed E-state index contributed by atoms with van der Waals surface area (Å²) in [4.78, 5) is 48.7. The van der Waals surface area contributed by atoms with E-state index in [4.69, 9.17) is 14.2 Å². The Kier molecular flexibility index (Phi) is 10.8. The molecule has 3 fully saturated rings. The average molecular weight is 739 g/mol. The number of piperazine rings is 1. The van der Waals surface area contributed by atoms with Crippen LogP contribution in [0.5, 0.6) is 11.5 Å². The SMILES string of the molecule is Cc1cc(CC(OC(=O)N2CCC(N3CCc4ccccc4NC3=O)CC2)C(=O)N2CCC(N3CCN(S(C)(=O)=O)CC3)CC2)cc2c1OCCO2. The number of nitrogens with zero attached hydrogens (tertiary/aromatic N) is 5. The van der Waals surface area contributed by atoms with Gasteiger partial charge >= 0.3 is 12.1 Å². The number of hydrogen-bond donors (Lipinski definition) is 1. The average Bonchev–Trinajstić information content (AvgIpc) is 3.32. The second kappa shape index (κ2) is 15.5. The van der Waals surface area contributed by atoms with Crippen molar-refractivity contribution in [2.75, 3.05) is 83.7 Å². The fraction of sp³-hybridized carbons (Fsp3) is 0.595. The Morgan fingerprint density at radius 3 is 2.29 bits per heavy atom. The van der Waals surface area contributed by atoms with Gasteiger partial charge in [0.05, 0.1) is 6.26 Å². The maximum absolute atomic E-state index is 14.2. The summed E-state index contributed by atoms with van der Waals surface area (Å²) in [5.74, 6) is 1.09. The zero-order valence-electron chi connectivity index (χ0n) is 30.1. The lowest BCUT2D eigenvalue weighted by molar-refractivity contribution is -0.142. The molecule has 0 radical (unpaired) electrons. The molecule has 52 heavy (non-hydrogen) atoms. The minimum Gasteiger partial charge on any atom is -0.486 e. The molecule has 0 spiro atoms. The molecule has 4 amide bonds. The zero-order chi connectivity index (χ0) is 36.4.